The summed E-state index contributed by atoms with van der Waals surface area (Å²) >= 11 is 12.0. The fourth-order valence-electron chi connectivity index (χ4n) is 1.39. The molecule has 1 aromatic carbocycles. The third kappa shape index (κ3) is 1.91. The van der Waals surface area contributed by atoms with Crippen molar-refractivity contribution < 1.29 is 4.79 Å². The van der Waals surface area contributed by atoms with E-state index in [1.807, 2.05) is 18.2 Å². The SMILES string of the molecule is O=Cn1cc(Cl)c(-c2ccccc2Cl)c1. The first-order chi connectivity index (χ1) is 7.22. The van der Waals surface area contributed by atoms with Gasteiger partial charge in [0, 0.05) is 28.5 Å². The summed E-state index contributed by atoms with van der Waals surface area (Å²) in [6.07, 6.45) is 3.88. The van der Waals surface area contributed by atoms with Crippen molar-refractivity contribution >= 4 is 29.6 Å². The van der Waals surface area contributed by atoms with Gasteiger partial charge < -0.3 is 0 Å². The molecule has 2 rings (SSSR count). The summed E-state index contributed by atoms with van der Waals surface area (Å²) in [5, 5.41) is 1.12. The second-order valence-electron chi connectivity index (χ2n) is 3.05. The van der Waals surface area contributed by atoms with Crippen molar-refractivity contribution in [2.75, 3.05) is 0 Å². The largest absolute Gasteiger partial charge is 0.295 e. The minimum atomic E-state index is 0.509. The van der Waals surface area contributed by atoms with Gasteiger partial charge in [0.25, 0.3) is 0 Å². The van der Waals surface area contributed by atoms with Gasteiger partial charge in [-0.1, -0.05) is 41.4 Å². The van der Waals surface area contributed by atoms with Crippen molar-refractivity contribution in [2.24, 2.45) is 0 Å². The van der Waals surface area contributed by atoms with Crippen molar-refractivity contribution in [2.45, 2.75) is 0 Å². The van der Waals surface area contributed by atoms with Crippen molar-refractivity contribution in [1.82, 2.24) is 4.57 Å². The van der Waals surface area contributed by atoms with Crippen LogP contribution in [-0.2, 0) is 4.79 Å². The molecule has 0 bridgehead atoms. The minimum Gasteiger partial charge on any atom is -0.295 e. The van der Waals surface area contributed by atoms with Gasteiger partial charge in [-0.2, -0.15) is 0 Å². The van der Waals surface area contributed by atoms with Crippen LogP contribution in [-0.4, -0.2) is 11.0 Å². The van der Waals surface area contributed by atoms with Gasteiger partial charge in [-0.05, 0) is 6.07 Å². The van der Waals surface area contributed by atoms with Crippen LogP contribution in [0, 0.1) is 0 Å². The van der Waals surface area contributed by atoms with Gasteiger partial charge in [0.2, 0.25) is 6.41 Å². The van der Waals surface area contributed by atoms with E-state index in [0.717, 1.165) is 11.1 Å². The number of carbonyl (C=O) groups is 1. The predicted molar refractivity (Wildman–Crippen MR) is 62.0 cm³/mol. The van der Waals surface area contributed by atoms with Crippen LogP contribution in [0.1, 0.15) is 0 Å². The van der Waals surface area contributed by atoms with E-state index in [9.17, 15) is 4.79 Å². The lowest BCUT2D eigenvalue weighted by molar-refractivity contribution is 0.547. The highest BCUT2D eigenvalue weighted by Crippen LogP contribution is 2.33. The van der Waals surface area contributed by atoms with E-state index in [4.69, 9.17) is 23.2 Å². The van der Waals surface area contributed by atoms with Crippen molar-refractivity contribution in [3.05, 3.63) is 46.7 Å². The van der Waals surface area contributed by atoms with E-state index < -0.39 is 0 Å². The molecule has 0 saturated carbocycles. The molecule has 0 saturated heterocycles. The molecule has 2 nitrogen and oxygen atoms in total. The summed E-state index contributed by atoms with van der Waals surface area (Å²) < 4.78 is 1.36. The van der Waals surface area contributed by atoms with Crippen LogP contribution >= 0.6 is 23.2 Å². The Bertz CT molecular complexity index is 505. The van der Waals surface area contributed by atoms with Crippen molar-refractivity contribution in [3.8, 4) is 11.1 Å². The maximum atomic E-state index is 10.6. The normalized spacial score (nSPS) is 10.3. The molecule has 0 spiro atoms. The van der Waals surface area contributed by atoms with E-state index in [2.05, 4.69) is 0 Å². The number of rotatable bonds is 2. The number of benzene rings is 1. The van der Waals surface area contributed by atoms with Crippen LogP contribution in [0.25, 0.3) is 11.1 Å². The molecule has 1 aromatic heterocycles. The molecule has 2 aromatic rings. The van der Waals surface area contributed by atoms with E-state index in [1.54, 1.807) is 18.5 Å². The Balaban J connectivity index is 2.58. The average molecular weight is 240 g/mol. The fourth-order valence-corrected chi connectivity index (χ4v) is 1.89. The molecule has 1 heterocycles. The smallest absolute Gasteiger partial charge is 0.217 e. The number of nitrogens with zero attached hydrogens (tertiary/aromatic N) is 1. The van der Waals surface area contributed by atoms with Gasteiger partial charge in [-0.15, -0.1) is 0 Å². The summed E-state index contributed by atoms with van der Waals surface area (Å²) in [6.45, 7) is 0. The Morgan fingerprint density at radius 2 is 1.73 bits per heavy atom. The van der Waals surface area contributed by atoms with Gasteiger partial charge in [0.15, 0.2) is 0 Å². The molecule has 76 valence electrons. The van der Waals surface area contributed by atoms with Crippen LogP contribution in [0.2, 0.25) is 10.0 Å². The van der Waals surface area contributed by atoms with E-state index in [1.165, 1.54) is 4.57 Å². The molecular weight excluding hydrogens is 233 g/mol. The van der Waals surface area contributed by atoms with Gasteiger partial charge in [0.05, 0.1) is 5.02 Å². The summed E-state index contributed by atoms with van der Waals surface area (Å²) in [5.74, 6) is 0. The third-order valence-electron chi connectivity index (χ3n) is 2.08. The zero-order valence-electron chi connectivity index (χ0n) is 7.65. The molecule has 0 fully saturated rings. The monoisotopic (exact) mass is 239 g/mol. The Labute approximate surface area is 97.0 Å². The zero-order chi connectivity index (χ0) is 10.8. The quantitative estimate of drug-likeness (QED) is 0.736. The van der Waals surface area contributed by atoms with E-state index in [0.29, 0.717) is 16.5 Å². The first-order valence-corrected chi connectivity index (χ1v) is 5.05. The molecule has 0 aliphatic carbocycles. The number of aromatic nitrogens is 1. The fraction of sp³-hybridized carbons (Fsp3) is 0. The second-order valence-corrected chi connectivity index (χ2v) is 3.87. The number of hydrogen-bond donors (Lipinski definition) is 0. The van der Waals surface area contributed by atoms with Gasteiger partial charge in [-0.25, -0.2) is 0 Å². The number of halogens is 2. The van der Waals surface area contributed by atoms with Gasteiger partial charge >= 0.3 is 0 Å². The lowest BCUT2D eigenvalue weighted by Gasteiger charge is -2.01. The maximum absolute atomic E-state index is 10.6. The molecule has 0 amide bonds. The lowest BCUT2D eigenvalue weighted by atomic mass is 10.1. The Morgan fingerprint density at radius 3 is 2.33 bits per heavy atom. The minimum absolute atomic E-state index is 0.509. The standard InChI is InChI=1S/C11H7Cl2NO/c12-10-4-2-1-3-8(10)9-5-14(7-15)6-11(9)13/h1-7H. The van der Waals surface area contributed by atoms with Gasteiger partial charge in [0.1, 0.15) is 0 Å². The Kier molecular flexibility index (Phi) is 2.80. The topological polar surface area (TPSA) is 22.0 Å². The van der Waals surface area contributed by atoms with Crippen LogP contribution in [0.15, 0.2) is 36.7 Å². The maximum Gasteiger partial charge on any atom is 0.217 e. The summed E-state index contributed by atoms with van der Waals surface area (Å²) in [5.41, 5.74) is 1.58. The highest BCUT2D eigenvalue weighted by molar-refractivity contribution is 6.36. The van der Waals surface area contributed by atoms with Crippen LogP contribution in [0.3, 0.4) is 0 Å². The molecule has 0 aliphatic rings. The molecule has 15 heavy (non-hydrogen) atoms. The van der Waals surface area contributed by atoms with Crippen molar-refractivity contribution in [3.63, 3.8) is 0 Å². The third-order valence-corrected chi connectivity index (χ3v) is 2.71. The predicted octanol–water partition coefficient (Wildman–Crippen LogP) is 3.50. The average Bonchev–Trinajstić information content (AvgIpc) is 2.60. The molecule has 0 atom stereocenters. The van der Waals surface area contributed by atoms with Crippen LogP contribution in [0.4, 0.5) is 0 Å². The highest BCUT2D eigenvalue weighted by atomic mass is 35.5. The molecule has 0 radical (unpaired) electrons. The lowest BCUT2D eigenvalue weighted by Crippen LogP contribution is -1.87. The zero-order valence-corrected chi connectivity index (χ0v) is 9.16. The van der Waals surface area contributed by atoms with Crippen LogP contribution < -0.4 is 0 Å². The second kappa shape index (κ2) is 4.09. The first kappa shape index (κ1) is 10.3. The number of hydrogen-bond acceptors (Lipinski definition) is 1. The first-order valence-electron chi connectivity index (χ1n) is 4.29. The van der Waals surface area contributed by atoms with Crippen LogP contribution in [0.5, 0.6) is 0 Å². The Hall–Kier alpha value is -1.25. The van der Waals surface area contributed by atoms with E-state index in [-0.39, 0.29) is 0 Å². The summed E-state index contributed by atoms with van der Waals surface area (Å²) in [7, 11) is 0. The summed E-state index contributed by atoms with van der Waals surface area (Å²) in [6, 6.07) is 7.36. The highest BCUT2D eigenvalue weighted by Gasteiger charge is 2.09. The molecular formula is C11H7Cl2NO. The molecule has 0 aliphatic heterocycles. The molecule has 0 unspecified atom stereocenters. The van der Waals surface area contributed by atoms with Crippen molar-refractivity contribution in [1.29, 1.82) is 0 Å². The number of carbonyl (C=O) groups excluding carboxylic acids is 1. The van der Waals surface area contributed by atoms with E-state index >= 15 is 0 Å². The van der Waals surface area contributed by atoms with Gasteiger partial charge in [-0.3, -0.25) is 9.36 Å². The Morgan fingerprint density at radius 1 is 1.00 bits per heavy atom. The molecule has 0 N–H and O–H groups in total. The summed E-state index contributed by atoms with van der Waals surface area (Å²) in [4.78, 5) is 10.6. The molecule has 4 heteroatoms.